The first kappa shape index (κ1) is 14.7. The number of likely N-dealkylation sites (tertiary alicyclic amines) is 1. The van der Waals surface area contributed by atoms with Crippen molar-refractivity contribution < 1.29 is 4.79 Å². The number of nitrogens with zero attached hydrogens (tertiary/aromatic N) is 2. The summed E-state index contributed by atoms with van der Waals surface area (Å²) in [6.07, 6.45) is 4.75. The summed E-state index contributed by atoms with van der Waals surface area (Å²) in [5, 5.41) is 0. The van der Waals surface area contributed by atoms with E-state index in [1.165, 1.54) is 19.5 Å². The number of aromatic amines is 1. The highest BCUT2D eigenvalue weighted by Gasteiger charge is 2.19. The number of Topliss-reactive ketones (excluding diaryl/α,β-unsaturated/α-hetero) is 1. The molecule has 0 aromatic carbocycles. The Morgan fingerprint density at radius 1 is 1.30 bits per heavy atom. The van der Waals surface area contributed by atoms with Crippen molar-refractivity contribution >= 4 is 5.78 Å². The van der Waals surface area contributed by atoms with Crippen LogP contribution in [0.5, 0.6) is 0 Å². The van der Waals surface area contributed by atoms with Crippen LogP contribution in [-0.2, 0) is 6.54 Å². The zero-order chi connectivity index (χ0) is 14.7. The third kappa shape index (κ3) is 3.07. The Labute approximate surface area is 117 Å². The quantitative estimate of drug-likeness (QED) is 0.820. The van der Waals surface area contributed by atoms with E-state index in [4.69, 9.17) is 0 Å². The van der Waals surface area contributed by atoms with Gasteiger partial charge in [-0.15, -0.1) is 0 Å². The molecule has 0 saturated carbocycles. The van der Waals surface area contributed by atoms with E-state index in [1.807, 2.05) is 6.92 Å². The molecule has 1 aliphatic rings. The number of nitrogens with one attached hydrogen (secondary N) is 1. The third-order valence-electron chi connectivity index (χ3n) is 3.90. The van der Waals surface area contributed by atoms with Gasteiger partial charge in [0, 0.05) is 18.8 Å². The monoisotopic (exact) mass is 279 g/mol. The third-order valence-corrected chi connectivity index (χ3v) is 3.90. The Kier molecular flexibility index (Phi) is 4.54. The largest absolute Gasteiger partial charge is 0.328 e. The Morgan fingerprint density at radius 3 is 2.55 bits per heavy atom. The fraction of sp³-hybridized carbons (Fsp3) is 0.643. The molecule has 1 atom stereocenters. The smallest absolute Gasteiger partial charge is 0.313 e. The number of hydrogen-bond acceptors (Lipinski definition) is 4. The first-order chi connectivity index (χ1) is 9.50. The van der Waals surface area contributed by atoms with E-state index in [0.29, 0.717) is 6.54 Å². The lowest BCUT2D eigenvalue weighted by Crippen LogP contribution is -2.46. The summed E-state index contributed by atoms with van der Waals surface area (Å²) >= 11 is 0. The van der Waals surface area contributed by atoms with Crippen LogP contribution in [0.25, 0.3) is 0 Å². The molecule has 1 fully saturated rings. The van der Waals surface area contributed by atoms with Gasteiger partial charge in [-0.3, -0.25) is 19.1 Å². The summed E-state index contributed by atoms with van der Waals surface area (Å²) in [5.41, 5.74) is -0.913. The van der Waals surface area contributed by atoms with Crippen molar-refractivity contribution in [3.8, 4) is 0 Å². The molecule has 1 N–H and O–H groups in total. The number of carbonyl (C=O) groups is 1. The summed E-state index contributed by atoms with van der Waals surface area (Å²) in [5.74, 6) is -0.328. The van der Waals surface area contributed by atoms with E-state index in [1.54, 1.807) is 0 Å². The number of carbonyl (C=O) groups excluding carboxylic acids is 1. The number of ketones is 1. The van der Waals surface area contributed by atoms with E-state index < -0.39 is 11.2 Å². The Bertz CT molecular complexity index is 596. The maximum Gasteiger partial charge on any atom is 0.328 e. The maximum atomic E-state index is 12.2. The van der Waals surface area contributed by atoms with E-state index in [2.05, 4.69) is 9.88 Å². The highest BCUT2D eigenvalue weighted by molar-refractivity contribution is 5.93. The minimum Gasteiger partial charge on any atom is -0.313 e. The number of H-pyrrole nitrogens is 1. The Morgan fingerprint density at radius 2 is 1.95 bits per heavy atom. The van der Waals surface area contributed by atoms with E-state index >= 15 is 0 Å². The van der Waals surface area contributed by atoms with E-state index in [0.717, 1.165) is 30.5 Å². The highest BCUT2D eigenvalue weighted by atomic mass is 16.2. The molecule has 1 unspecified atom stereocenters. The molecule has 1 aromatic heterocycles. The molecule has 1 aliphatic heterocycles. The van der Waals surface area contributed by atoms with Gasteiger partial charge >= 0.3 is 5.69 Å². The zero-order valence-electron chi connectivity index (χ0n) is 12.0. The molecule has 0 spiro atoms. The number of rotatable bonds is 4. The lowest BCUT2D eigenvalue weighted by molar-refractivity contribution is 0.101. The fourth-order valence-corrected chi connectivity index (χ4v) is 2.67. The zero-order valence-corrected chi connectivity index (χ0v) is 12.0. The van der Waals surface area contributed by atoms with Crippen LogP contribution < -0.4 is 11.2 Å². The SMILES string of the molecule is CC(=O)c1c[nH]c(=O)n(CC(C)N2CCCCC2)c1=O. The Balaban J connectivity index is 2.24. The topological polar surface area (TPSA) is 75.2 Å². The van der Waals surface area contributed by atoms with E-state index in [9.17, 15) is 14.4 Å². The van der Waals surface area contributed by atoms with Gasteiger partial charge in [-0.1, -0.05) is 6.42 Å². The lowest BCUT2D eigenvalue weighted by Gasteiger charge is -2.32. The van der Waals surface area contributed by atoms with Crippen LogP contribution in [0.15, 0.2) is 15.8 Å². The molecular formula is C14H21N3O3. The molecule has 2 rings (SSSR count). The molecule has 2 heterocycles. The van der Waals surface area contributed by atoms with Crippen LogP contribution in [0.1, 0.15) is 43.5 Å². The molecule has 0 bridgehead atoms. The lowest BCUT2D eigenvalue weighted by atomic mass is 10.1. The molecule has 20 heavy (non-hydrogen) atoms. The van der Waals surface area contributed by atoms with Crippen LogP contribution in [-0.4, -0.2) is 39.4 Å². The van der Waals surface area contributed by atoms with Crippen LogP contribution in [0.3, 0.4) is 0 Å². The number of hydrogen-bond donors (Lipinski definition) is 1. The normalized spacial score (nSPS) is 17.9. The summed E-state index contributed by atoms with van der Waals surface area (Å²) < 4.78 is 1.13. The van der Waals surface area contributed by atoms with Crippen LogP contribution >= 0.6 is 0 Å². The fourth-order valence-electron chi connectivity index (χ4n) is 2.67. The van der Waals surface area contributed by atoms with Gasteiger partial charge in [0.25, 0.3) is 5.56 Å². The second kappa shape index (κ2) is 6.17. The van der Waals surface area contributed by atoms with Gasteiger partial charge in [0.2, 0.25) is 0 Å². The predicted molar refractivity (Wildman–Crippen MR) is 76.2 cm³/mol. The maximum absolute atomic E-state index is 12.2. The second-order valence-electron chi connectivity index (χ2n) is 5.43. The molecule has 6 nitrogen and oxygen atoms in total. The molecule has 110 valence electrons. The standard InChI is InChI=1S/C14H21N3O3/c1-10(16-6-4-3-5-7-16)9-17-13(19)12(11(2)18)8-15-14(17)20/h8,10H,3-7,9H2,1-2H3,(H,15,20). The number of aromatic nitrogens is 2. The molecule has 0 amide bonds. The summed E-state index contributed by atoms with van der Waals surface area (Å²) in [6, 6.07) is 0.108. The van der Waals surface area contributed by atoms with Gasteiger partial charge in [-0.2, -0.15) is 0 Å². The first-order valence-corrected chi connectivity index (χ1v) is 7.08. The van der Waals surface area contributed by atoms with Gasteiger partial charge in [-0.05, 0) is 39.8 Å². The van der Waals surface area contributed by atoms with Gasteiger partial charge in [0.1, 0.15) is 0 Å². The van der Waals surface area contributed by atoms with Crippen LogP contribution in [0.2, 0.25) is 0 Å². The van der Waals surface area contributed by atoms with Crippen molar-refractivity contribution in [2.24, 2.45) is 0 Å². The minimum absolute atomic E-state index is 0.0374. The number of piperidine rings is 1. The highest BCUT2D eigenvalue weighted by Crippen LogP contribution is 2.12. The van der Waals surface area contributed by atoms with Crippen molar-refractivity contribution in [3.05, 3.63) is 32.6 Å². The summed E-state index contributed by atoms with van der Waals surface area (Å²) in [4.78, 5) is 40.1. The van der Waals surface area contributed by atoms with Crippen LogP contribution in [0.4, 0.5) is 0 Å². The molecular weight excluding hydrogens is 258 g/mol. The van der Waals surface area contributed by atoms with Crippen molar-refractivity contribution in [3.63, 3.8) is 0 Å². The summed E-state index contributed by atoms with van der Waals surface area (Å²) in [7, 11) is 0. The molecule has 1 saturated heterocycles. The average molecular weight is 279 g/mol. The molecule has 0 radical (unpaired) electrons. The first-order valence-electron chi connectivity index (χ1n) is 7.08. The van der Waals surface area contributed by atoms with Gasteiger partial charge in [0.05, 0.1) is 5.56 Å². The molecule has 1 aromatic rings. The van der Waals surface area contributed by atoms with Crippen molar-refractivity contribution in [2.45, 2.75) is 45.7 Å². The van der Waals surface area contributed by atoms with Gasteiger partial charge in [-0.25, -0.2) is 4.79 Å². The second-order valence-corrected chi connectivity index (χ2v) is 5.43. The molecule has 0 aliphatic carbocycles. The minimum atomic E-state index is -0.495. The van der Waals surface area contributed by atoms with E-state index in [-0.39, 0.29) is 17.4 Å². The van der Waals surface area contributed by atoms with Crippen molar-refractivity contribution in [2.75, 3.05) is 13.1 Å². The molecule has 6 heteroatoms. The average Bonchev–Trinajstić information content (AvgIpc) is 2.43. The van der Waals surface area contributed by atoms with Crippen molar-refractivity contribution in [1.29, 1.82) is 0 Å². The van der Waals surface area contributed by atoms with Gasteiger partial charge < -0.3 is 4.98 Å². The summed E-state index contributed by atoms with van der Waals surface area (Å²) in [6.45, 7) is 5.65. The predicted octanol–water partition coefficient (Wildman–Crippen LogP) is 0.614. The van der Waals surface area contributed by atoms with Gasteiger partial charge in [0.15, 0.2) is 5.78 Å². The Hall–Kier alpha value is -1.69. The van der Waals surface area contributed by atoms with Crippen LogP contribution in [0, 0.1) is 0 Å². The van der Waals surface area contributed by atoms with Crippen molar-refractivity contribution in [1.82, 2.24) is 14.5 Å².